The van der Waals surface area contributed by atoms with Crippen LogP contribution >= 0.6 is 0 Å². The SMILES string of the molecule is CCC1CCCCN1c1cc(C(=O)N(CC)C2CCS(=O)(=O)C2)nc(C)n1. The van der Waals surface area contributed by atoms with E-state index in [9.17, 15) is 13.2 Å². The second-order valence-corrected chi connectivity index (χ2v) is 9.79. The van der Waals surface area contributed by atoms with Gasteiger partial charge in [-0.1, -0.05) is 6.92 Å². The van der Waals surface area contributed by atoms with Gasteiger partial charge in [0.05, 0.1) is 11.5 Å². The number of aromatic nitrogens is 2. The Morgan fingerprint density at radius 1 is 1.26 bits per heavy atom. The van der Waals surface area contributed by atoms with E-state index < -0.39 is 9.84 Å². The number of hydrogen-bond donors (Lipinski definition) is 0. The molecule has 27 heavy (non-hydrogen) atoms. The van der Waals surface area contributed by atoms with E-state index in [1.165, 1.54) is 6.42 Å². The van der Waals surface area contributed by atoms with Crippen LogP contribution in [0.5, 0.6) is 0 Å². The molecule has 3 rings (SSSR count). The number of amides is 1. The minimum Gasteiger partial charge on any atom is -0.354 e. The van der Waals surface area contributed by atoms with Crippen molar-refractivity contribution in [2.24, 2.45) is 0 Å². The van der Waals surface area contributed by atoms with Gasteiger partial charge in [-0.3, -0.25) is 4.79 Å². The number of nitrogens with zero attached hydrogens (tertiary/aromatic N) is 4. The number of carbonyl (C=O) groups is 1. The molecular weight excluding hydrogens is 364 g/mol. The van der Waals surface area contributed by atoms with Crippen molar-refractivity contribution >= 4 is 21.6 Å². The first-order chi connectivity index (χ1) is 12.8. The van der Waals surface area contributed by atoms with Crippen LogP contribution < -0.4 is 4.90 Å². The highest BCUT2D eigenvalue weighted by Crippen LogP contribution is 2.26. The number of piperidine rings is 1. The molecule has 3 heterocycles. The number of anilines is 1. The Kier molecular flexibility index (Phi) is 6.03. The van der Waals surface area contributed by atoms with Gasteiger partial charge < -0.3 is 9.80 Å². The van der Waals surface area contributed by atoms with Crippen molar-refractivity contribution in [3.8, 4) is 0 Å². The van der Waals surface area contributed by atoms with Crippen molar-refractivity contribution in [1.29, 1.82) is 0 Å². The Bertz CT molecular complexity index is 796. The predicted octanol–water partition coefficient (Wildman–Crippen LogP) is 2.20. The van der Waals surface area contributed by atoms with E-state index in [1.807, 2.05) is 13.8 Å². The maximum atomic E-state index is 13.1. The van der Waals surface area contributed by atoms with Gasteiger partial charge in [-0.2, -0.15) is 0 Å². The normalized spacial score (nSPS) is 24.8. The summed E-state index contributed by atoms with van der Waals surface area (Å²) in [5, 5.41) is 0. The summed E-state index contributed by atoms with van der Waals surface area (Å²) in [7, 11) is -3.05. The summed E-state index contributed by atoms with van der Waals surface area (Å²) in [5.74, 6) is 1.39. The zero-order valence-electron chi connectivity index (χ0n) is 16.5. The minimum atomic E-state index is -3.05. The molecule has 0 bridgehead atoms. The Balaban J connectivity index is 1.87. The third kappa shape index (κ3) is 4.42. The molecule has 1 aromatic rings. The van der Waals surface area contributed by atoms with Crippen LogP contribution in [-0.4, -0.2) is 65.9 Å². The van der Waals surface area contributed by atoms with Crippen molar-refractivity contribution in [2.45, 2.75) is 65.0 Å². The molecule has 1 amide bonds. The summed E-state index contributed by atoms with van der Waals surface area (Å²) in [4.78, 5) is 26.1. The smallest absolute Gasteiger partial charge is 0.272 e. The Morgan fingerprint density at radius 3 is 2.67 bits per heavy atom. The first-order valence-electron chi connectivity index (χ1n) is 9.98. The summed E-state index contributed by atoms with van der Waals surface area (Å²) < 4.78 is 23.7. The molecule has 2 fully saturated rings. The molecule has 0 aliphatic carbocycles. The average Bonchev–Trinajstić information content (AvgIpc) is 3.01. The molecule has 0 aromatic carbocycles. The maximum Gasteiger partial charge on any atom is 0.272 e. The third-order valence-corrected chi connectivity index (χ3v) is 7.44. The molecule has 2 saturated heterocycles. The lowest BCUT2D eigenvalue weighted by molar-refractivity contribution is 0.0702. The van der Waals surface area contributed by atoms with Crippen molar-refractivity contribution in [3.63, 3.8) is 0 Å². The van der Waals surface area contributed by atoms with Gasteiger partial charge in [-0.15, -0.1) is 0 Å². The van der Waals surface area contributed by atoms with Gasteiger partial charge in [-0.25, -0.2) is 18.4 Å². The lowest BCUT2D eigenvalue weighted by atomic mass is 10.00. The first kappa shape index (κ1) is 20.0. The lowest BCUT2D eigenvalue weighted by Crippen LogP contribution is -2.42. The van der Waals surface area contributed by atoms with Crippen LogP contribution in [0.4, 0.5) is 5.82 Å². The van der Waals surface area contributed by atoms with E-state index in [2.05, 4.69) is 21.8 Å². The van der Waals surface area contributed by atoms with Gasteiger partial charge in [0.2, 0.25) is 0 Å². The Labute approximate surface area is 162 Å². The Morgan fingerprint density at radius 2 is 2.04 bits per heavy atom. The zero-order chi connectivity index (χ0) is 19.6. The van der Waals surface area contributed by atoms with E-state index in [1.54, 1.807) is 11.0 Å². The maximum absolute atomic E-state index is 13.1. The molecule has 150 valence electrons. The molecule has 0 saturated carbocycles. The quantitative estimate of drug-likeness (QED) is 0.761. The molecule has 2 unspecified atom stereocenters. The first-order valence-corrected chi connectivity index (χ1v) is 11.8. The van der Waals surface area contributed by atoms with Crippen molar-refractivity contribution in [1.82, 2.24) is 14.9 Å². The highest BCUT2D eigenvalue weighted by molar-refractivity contribution is 7.91. The number of rotatable bonds is 5. The summed E-state index contributed by atoms with van der Waals surface area (Å²) >= 11 is 0. The zero-order valence-corrected chi connectivity index (χ0v) is 17.3. The molecular formula is C19H30N4O3S. The van der Waals surface area contributed by atoms with Gasteiger partial charge in [0, 0.05) is 31.2 Å². The van der Waals surface area contributed by atoms with Crippen LogP contribution in [0.1, 0.15) is 62.3 Å². The van der Waals surface area contributed by atoms with Crippen LogP contribution in [-0.2, 0) is 9.84 Å². The molecule has 0 N–H and O–H groups in total. The fourth-order valence-corrected chi connectivity index (χ4v) is 6.00. The van der Waals surface area contributed by atoms with Crippen LogP contribution in [0.3, 0.4) is 0 Å². The summed E-state index contributed by atoms with van der Waals surface area (Å²) in [6, 6.07) is 1.97. The lowest BCUT2D eigenvalue weighted by Gasteiger charge is -2.36. The van der Waals surface area contributed by atoms with Crippen molar-refractivity contribution < 1.29 is 13.2 Å². The van der Waals surface area contributed by atoms with Crippen LogP contribution in [0.25, 0.3) is 0 Å². The molecule has 1 aromatic heterocycles. The van der Waals surface area contributed by atoms with Crippen LogP contribution in [0.15, 0.2) is 6.07 Å². The van der Waals surface area contributed by atoms with E-state index in [-0.39, 0.29) is 23.5 Å². The molecule has 0 radical (unpaired) electrons. The van der Waals surface area contributed by atoms with Crippen molar-refractivity contribution in [3.05, 3.63) is 17.6 Å². The van der Waals surface area contributed by atoms with E-state index >= 15 is 0 Å². The Hall–Kier alpha value is -1.70. The van der Waals surface area contributed by atoms with Gasteiger partial charge in [0.15, 0.2) is 9.84 Å². The highest BCUT2D eigenvalue weighted by atomic mass is 32.2. The van der Waals surface area contributed by atoms with Crippen molar-refractivity contribution in [2.75, 3.05) is 29.5 Å². The number of sulfone groups is 1. The summed E-state index contributed by atoms with van der Waals surface area (Å²) in [5.41, 5.74) is 0.365. The monoisotopic (exact) mass is 394 g/mol. The molecule has 0 spiro atoms. The largest absolute Gasteiger partial charge is 0.354 e. The fourth-order valence-electron chi connectivity index (χ4n) is 4.27. The number of carbonyl (C=O) groups excluding carboxylic acids is 1. The molecule has 2 aliphatic rings. The standard InChI is InChI=1S/C19H30N4O3S/c1-4-15-8-6-7-10-23(15)18-12-17(20-14(3)21-18)19(24)22(5-2)16-9-11-27(25,26)13-16/h12,15-16H,4-11,13H2,1-3H3. The van der Waals surface area contributed by atoms with Gasteiger partial charge in [0.25, 0.3) is 5.91 Å². The molecule has 2 atom stereocenters. The van der Waals surface area contributed by atoms with E-state index in [0.717, 1.165) is 31.6 Å². The third-order valence-electron chi connectivity index (χ3n) is 5.69. The minimum absolute atomic E-state index is 0.0491. The van der Waals surface area contributed by atoms with Gasteiger partial charge in [0.1, 0.15) is 17.3 Å². The second-order valence-electron chi connectivity index (χ2n) is 7.56. The number of hydrogen-bond acceptors (Lipinski definition) is 6. The van der Waals surface area contributed by atoms with E-state index in [4.69, 9.17) is 0 Å². The molecule has 8 heteroatoms. The molecule has 7 nitrogen and oxygen atoms in total. The van der Waals surface area contributed by atoms with E-state index in [0.29, 0.717) is 30.5 Å². The topological polar surface area (TPSA) is 83.5 Å². The van der Waals surface area contributed by atoms with Crippen LogP contribution in [0.2, 0.25) is 0 Å². The second kappa shape index (κ2) is 8.12. The summed E-state index contributed by atoms with van der Waals surface area (Å²) in [6.45, 7) is 7.29. The number of aryl methyl sites for hydroxylation is 1. The highest BCUT2D eigenvalue weighted by Gasteiger charge is 2.35. The van der Waals surface area contributed by atoms with Crippen LogP contribution in [0, 0.1) is 6.92 Å². The van der Waals surface area contributed by atoms with Gasteiger partial charge in [-0.05, 0) is 46.0 Å². The van der Waals surface area contributed by atoms with Gasteiger partial charge >= 0.3 is 0 Å². The summed E-state index contributed by atoms with van der Waals surface area (Å²) in [6.07, 6.45) is 5.05. The predicted molar refractivity (Wildman–Crippen MR) is 106 cm³/mol. The average molecular weight is 395 g/mol. The molecule has 2 aliphatic heterocycles. The fraction of sp³-hybridized carbons (Fsp3) is 0.737.